The highest BCUT2D eigenvalue weighted by Crippen LogP contribution is 2.31. The Kier molecular flexibility index (Phi) is 4.53. The number of benzene rings is 1. The number of nitrogens with one attached hydrogen (secondary N) is 1. The number of carbonyl (C=O) groups excluding carboxylic acids is 2. The summed E-state index contributed by atoms with van der Waals surface area (Å²) in [5.41, 5.74) is 4.26. The molecule has 2 aromatic rings. The van der Waals surface area contributed by atoms with E-state index in [0.29, 0.717) is 11.7 Å². The average Bonchev–Trinajstić information content (AvgIpc) is 3.16. The molecule has 26 heavy (non-hydrogen) atoms. The normalized spacial score (nSPS) is 19.5. The van der Waals surface area contributed by atoms with E-state index in [2.05, 4.69) is 16.4 Å². The van der Waals surface area contributed by atoms with Gasteiger partial charge in [-0.05, 0) is 62.8 Å². The standard InChI is InChI=1S/C20H23N3O2S/c1-12-7-13(2)9-15(8-12)23-11-14(10-18(23)24)19(25)22-20-21-16-5-3-4-6-17(16)26-20/h7-9,14H,3-6,10-11H2,1-2H3,(H,21,22,25). The van der Waals surface area contributed by atoms with Gasteiger partial charge in [0.15, 0.2) is 5.13 Å². The lowest BCUT2D eigenvalue weighted by Gasteiger charge is -2.18. The van der Waals surface area contributed by atoms with Crippen LogP contribution >= 0.6 is 11.3 Å². The number of hydrogen-bond acceptors (Lipinski definition) is 4. The highest BCUT2D eigenvalue weighted by molar-refractivity contribution is 7.15. The van der Waals surface area contributed by atoms with Crippen LogP contribution in [0.3, 0.4) is 0 Å². The number of amides is 2. The first-order valence-corrected chi connectivity index (χ1v) is 9.99. The van der Waals surface area contributed by atoms with Crippen molar-refractivity contribution >= 4 is 34.0 Å². The largest absolute Gasteiger partial charge is 0.312 e. The van der Waals surface area contributed by atoms with Crippen LogP contribution < -0.4 is 10.2 Å². The zero-order valence-corrected chi connectivity index (χ0v) is 16.0. The maximum atomic E-state index is 12.7. The average molecular weight is 369 g/mol. The third kappa shape index (κ3) is 3.38. The van der Waals surface area contributed by atoms with E-state index in [1.807, 2.05) is 26.0 Å². The zero-order valence-electron chi connectivity index (χ0n) is 15.2. The van der Waals surface area contributed by atoms with Crippen molar-refractivity contribution in [3.8, 4) is 0 Å². The first-order chi connectivity index (χ1) is 12.5. The van der Waals surface area contributed by atoms with Crippen LogP contribution in [0.2, 0.25) is 0 Å². The highest BCUT2D eigenvalue weighted by Gasteiger charge is 2.35. The van der Waals surface area contributed by atoms with Crippen molar-refractivity contribution in [3.63, 3.8) is 0 Å². The fourth-order valence-corrected chi connectivity index (χ4v) is 4.90. The van der Waals surface area contributed by atoms with Gasteiger partial charge in [0.1, 0.15) is 0 Å². The first-order valence-electron chi connectivity index (χ1n) is 9.18. The van der Waals surface area contributed by atoms with E-state index in [9.17, 15) is 9.59 Å². The lowest BCUT2D eigenvalue weighted by molar-refractivity contribution is -0.122. The molecule has 1 atom stereocenters. The molecule has 0 radical (unpaired) electrons. The van der Waals surface area contributed by atoms with Crippen LogP contribution in [0.5, 0.6) is 0 Å². The molecule has 1 aliphatic heterocycles. The lowest BCUT2D eigenvalue weighted by Crippen LogP contribution is -2.28. The van der Waals surface area contributed by atoms with Gasteiger partial charge in [0.25, 0.3) is 0 Å². The fraction of sp³-hybridized carbons (Fsp3) is 0.450. The third-order valence-electron chi connectivity index (χ3n) is 5.09. The Morgan fingerprint density at radius 3 is 2.65 bits per heavy atom. The summed E-state index contributed by atoms with van der Waals surface area (Å²) >= 11 is 1.58. The molecule has 2 amide bonds. The Morgan fingerprint density at radius 1 is 1.19 bits per heavy atom. The van der Waals surface area contributed by atoms with E-state index in [1.165, 1.54) is 17.7 Å². The molecule has 2 heterocycles. The quantitative estimate of drug-likeness (QED) is 0.899. The smallest absolute Gasteiger partial charge is 0.231 e. The maximum absolute atomic E-state index is 12.7. The molecule has 1 aromatic heterocycles. The molecule has 136 valence electrons. The summed E-state index contributed by atoms with van der Waals surface area (Å²) in [6.07, 6.45) is 4.69. The zero-order chi connectivity index (χ0) is 18.3. The summed E-state index contributed by atoms with van der Waals surface area (Å²) < 4.78 is 0. The number of anilines is 2. The van der Waals surface area contributed by atoms with Crippen molar-refractivity contribution in [2.75, 3.05) is 16.8 Å². The van der Waals surface area contributed by atoms with Gasteiger partial charge in [0.2, 0.25) is 11.8 Å². The Bertz CT molecular complexity index is 830. The predicted molar refractivity (Wildman–Crippen MR) is 104 cm³/mol. The van der Waals surface area contributed by atoms with Crippen LogP contribution in [-0.2, 0) is 22.4 Å². The minimum Gasteiger partial charge on any atom is -0.312 e. The van der Waals surface area contributed by atoms with Crippen molar-refractivity contribution in [2.45, 2.75) is 46.0 Å². The van der Waals surface area contributed by atoms with E-state index in [-0.39, 0.29) is 24.2 Å². The number of carbonyl (C=O) groups is 2. The lowest BCUT2D eigenvalue weighted by atomic mass is 10.0. The second kappa shape index (κ2) is 6.83. The van der Waals surface area contributed by atoms with Gasteiger partial charge in [-0.1, -0.05) is 6.07 Å². The number of nitrogens with zero attached hydrogens (tertiary/aromatic N) is 2. The van der Waals surface area contributed by atoms with Crippen LogP contribution in [0.25, 0.3) is 0 Å². The van der Waals surface area contributed by atoms with Gasteiger partial charge < -0.3 is 10.2 Å². The van der Waals surface area contributed by atoms with Gasteiger partial charge in [0.05, 0.1) is 11.6 Å². The third-order valence-corrected chi connectivity index (χ3v) is 6.16. The molecule has 1 saturated heterocycles. The summed E-state index contributed by atoms with van der Waals surface area (Å²) in [5, 5.41) is 3.63. The number of thiazole rings is 1. The van der Waals surface area contributed by atoms with Gasteiger partial charge in [0, 0.05) is 23.5 Å². The number of fused-ring (bicyclic) bond motifs is 1. The van der Waals surface area contributed by atoms with Gasteiger partial charge in [-0.3, -0.25) is 9.59 Å². The Hall–Kier alpha value is -2.21. The molecule has 1 aromatic carbocycles. The number of hydrogen-bond donors (Lipinski definition) is 1. The molecule has 4 rings (SSSR count). The van der Waals surface area contributed by atoms with Gasteiger partial charge in [-0.15, -0.1) is 11.3 Å². The van der Waals surface area contributed by atoms with Crippen molar-refractivity contribution < 1.29 is 9.59 Å². The van der Waals surface area contributed by atoms with Crippen LogP contribution in [0.1, 0.15) is 41.0 Å². The molecule has 5 nitrogen and oxygen atoms in total. The van der Waals surface area contributed by atoms with Crippen LogP contribution in [0.15, 0.2) is 18.2 Å². The molecule has 2 aliphatic rings. The monoisotopic (exact) mass is 369 g/mol. The van der Waals surface area contributed by atoms with Gasteiger partial charge in [-0.25, -0.2) is 4.98 Å². The predicted octanol–water partition coefficient (Wildman–Crippen LogP) is 3.63. The second-order valence-electron chi connectivity index (χ2n) is 7.34. The minimum atomic E-state index is -0.329. The summed E-state index contributed by atoms with van der Waals surface area (Å²) in [4.78, 5) is 32.7. The van der Waals surface area contributed by atoms with Gasteiger partial charge in [-0.2, -0.15) is 0 Å². The molecule has 1 N–H and O–H groups in total. The number of aryl methyl sites for hydroxylation is 4. The van der Waals surface area contributed by atoms with Crippen molar-refractivity contribution in [1.82, 2.24) is 4.98 Å². The van der Waals surface area contributed by atoms with E-state index in [1.54, 1.807) is 16.2 Å². The SMILES string of the molecule is Cc1cc(C)cc(N2CC(C(=O)Nc3nc4c(s3)CCCC4)CC2=O)c1. The van der Waals surface area contributed by atoms with Crippen molar-refractivity contribution in [1.29, 1.82) is 0 Å². The molecule has 1 aliphatic carbocycles. The number of rotatable bonds is 3. The topological polar surface area (TPSA) is 62.3 Å². The Balaban J connectivity index is 1.46. The van der Waals surface area contributed by atoms with Gasteiger partial charge >= 0.3 is 0 Å². The molecule has 0 spiro atoms. The summed E-state index contributed by atoms with van der Waals surface area (Å²) in [5.74, 6) is -0.422. The maximum Gasteiger partial charge on any atom is 0.231 e. The van der Waals surface area contributed by atoms with E-state index in [4.69, 9.17) is 0 Å². The fourth-order valence-electron chi connectivity index (χ4n) is 3.85. The molecule has 6 heteroatoms. The highest BCUT2D eigenvalue weighted by atomic mass is 32.1. The van der Waals surface area contributed by atoms with Crippen molar-refractivity contribution in [3.05, 3.63) is 39.9 Å². The van der Waals surface area contributed by atoms with E-state index < -0.39 is 0 Å². The molecule has 1 fully saturated rings. The Labute approximate surface area is 157 Å². The van der Waals surface area contributed by atoms with Crippen molar-refractivity contribution in [2.24, 2.45) is 5.92 Å². The molecular formula is C20H23N3O2S. The second-order valence-corrected chi connectivity index (χ2v) is 8.42. The minimum absolute atomic E-state index is 0.00795. The van der Waals surface area contributed by atoms with Crippen LogP contribution in [-0.4, -0.2) is 23.3 Å². The molecule has 1 unspecified atom stereocenters. The Morgan fingerprint density at radius 2 is 1.92 bits per heavy atom. The summed E-state index contributed by atoms with van der Waals surface area (Å²) in [6.45, 7) is 4.47. The first kappa shape index (κ1) is 17.2. The number of aromatic nitrogens is 1. The van der Waals surface area contributed by atoms with Crippen LogP contribution in [0.4, 0.5) is 10.8 Å². The molecular weight excluding hydrogens is 346 g/mol. The van der Waals surface area contributed by atoms with E-state index in [0.717, 1.165) is 35.3 Å². The van der Waals surface area contributed by atoms with Crippen LogP contribution in [0, 0.1) is 19.8 Å². The molecule has 0 saturated carbocycles. The summed E-state index contributed by atoms with van der Waals surface area (Å²) in [7, 11) is 0. The molecule has 0 bridgehead atoms. The van der Waals surface area contributed by atoms with E-state index >= 15 is 0 Å². The summed E-state index contributed by atoms with van der Waals surface area (Å²) in [6, 6.07) is 6.08.